The number of hydrogen-bond donors (Lipinski definition) is 4. The number of aryl methyl sites for hydroxylation is 4. The van der Waals surface area contributed by atoms with Crippen molar-refractivity contribution < 1.29 is 42.7 Å². The summed E-state index contributed by atoms with van der Waals surface area (Å²) >= 11 is 7.33. The van der Waals surface area contributed by atoms with Crippen molar-refractivity contribution in [2.24, 2.45) is 0 Å². The van der Waals surface area contributed by atoms with E-state index in [0.717, 1.165) is 76.0 Å². The summed E-state index contributed by atoms with van der Waals surface area (Å²) in [6.45, 7) is 7.71. The van der Waals surface area contributed by atoms with E-state index in [2.05, 4.69) is 70.6 Å². The second kappa shape index (κ2) is 32.4. The molecule has 91 heavy (non-hydrogen) atoms. The molecule has 0 aliphatic carbocycles. The van der Waals surface area contributed by atoms with Crippen molar-refractivity contribution in [1.82, 2.24) is 59.2 Å². The molecule has 4 atom stereocenters. The van der Waals surface area contributed by atoms with E-state index in [0.29, 0.717) is 53.6 Å². The van der Waals surface area contributed by atoms with Crippen LogP contribution in [-0.4, -0.2) is 134 Å². The van der Waals surface area contributed by atoms with Crippen LogP contribution in [0.5, 0.6) is 0 Å². The normalized spacial score (nSPS) is 15.7. The maximum Gasteiger partial charge on any atom is 0.323 e. The number of nitrogens with zero attached hydrogens (tertiary/aromatic N) is 9. The van der Waals surface area contributed by atoms with Gasteiger partial charge in [-0.3, -0.25) is 28.8 Å². The fraction of sp³-hybridized carbons (Fsp3) is 0.303. The maximum absolute atomic E-state index is 14.5. The van der Waals surface area contributed by atoms with Crippen LogP contribution in [0.1, 0.15) is 82.8 Å². The summed E-state index contributed by atoms with van der Waals surface area (Å²) in [5.41, 5.74) is 11.5. The summed E-state index contributed by atoms with van der Waals surface area (Å²) in [7, 11) is 0. The third kappa shape index (κ3) is 17.6. The lowest BCUT2D eigenvalue weighted by Gasteiger charge is -2.24. The number of carbonyl (C=O) groups is 6. The van der Waals surface area contributed by atoms with Crippen molar-refractivity contribution >= 4 is 117 Å². The van der Waals surface area contributed by atoms with E-state index in [-0.39, 0.29) is 87.3 Å². The van der Waals surface area contributed by atoms with E-state index in [1.807, 2.05) is 123 Å². The molecule has 2 saturated heterocycles. The molecule has 2 aliphatic rings. The summed E-state index contributed by atoms with van der Waals surface area (Å²) in [5, 5.41) is 27.9. The highest BCUT2D eigenvalue weighted by Crippen LogP contribution is 2.31. The number of likely N-dealkylation sites (tertiary alicyclic amines) is 1. The average molecular weight is 1310 g/mol. The van der Waals surface area contributed by atoms with Crippen molar-refractivity contribution in [2.45, 2.75) is 104 Å². The molecular formula is C66H71ClF2N12O7S3. The lowest BCUT2D eigenvalue weighted by Crippen LogP contribution is -2.47. The van der Waals surface area contributed by atoms with Crippen molar-refractivity contribution in [3.05, 3.63) is 180 Å². The minimum Gasteiger partial charge on any atom is -0.480 e. The van der Waals surface area contributed by atoms with E-state index in [1.165, 1.54) is 29.9 Å². The average Bonchev–Trinajstić information content (AvgIpc) is 1.70. The number of aromatic nitrogens is 8. The Kier molecular flexibility index (Phi) is 24.8. The molecule has 6 aromatic heterocycles. The number of fused-ring (bicyclic) bond motifs is 4. The van der Waals surface area contributed by atoms with Crippen molar-refractivity contribution in [1.29, 1.82) is 0 Å². The molecule has 10 aromatic rings. The minimum absolute atomic E-state index is 0. The summed E-state index contributed by atoms with van der Waals surface area (Å²) in [5.74, 6) is -1.99. The Bertz CT molecular complexity index is 4200. The fourth-order valence-electron chi connectivity index (χ4n) is 11.2. The Morgan fingerprint density at radius 1 is 0.615 bits per heavy atom. The Labute approximate surface area is 547 Å². The molecule has 3 amide bonds. The van der Waals surface area contributed by atoms with Gasteiger partial charge in [-0.2, -0.15) is 23.7 Å². The molecule has 0 unspecified atom stereocenters. The highest BCUT2D eigenvalue weighted by Gasteiger charge is 2.40. The topological polar surface area (TPSA) is 232 Å². The van der Waals surface area contributed by atoms with Gasteiger partial charge >= 0.3 is 5.97 Å². The number of hydrogen-bond acceptors (Lipinski definition) is 13. The summed E-state index contributed by atoms with van der Waals surface area (Å²) in [4.78, 5) is 84.0. The number of rotatable bonds is 18. The Hall–Kier alpha value is -8.68. The molecule has 25 heteroatoms. The number of nitrogens with one attached hydrogen (secondary N) is 3. The molecule has 2 fully saturated rings. The SMILES string of the molecule is CC(=O)c1cn(CC(=O)N2C[C@H](F)C[C@H]2C(=O)NCCCc2ccccc2)c2ccc(-c3cnc4cc(C)nn4c3)cc12.CC(=O)c1cn(CC(=O)O)c2ccc(-c3cnc4cc(C)nn4c3)cc12.Cl.O=C(NCCCc1ccccc1)[C@@H]1C[C@@H](F)CN1.S.S=S. The van der Waals surface area contributed by atoms with Gasteiger partial charge in [-0.05, 0) is 99.9 Å². The lowest BCUT2D eigenvalue weighted by molar-refractivity contribution is -0.138. The summed E-state index contributed by atoms with van der Waals surface area (Å²) in [6.07, 6.45) is 12.1. The molecule has 4 N–H and O–H groups in total. The highest BCUT2D eigenvalue weighted by atomic mass is 35.5. The van der Waals surface area contributed by atoms with E-state index in [4.69, 9.17) is 5.11 Å². The van der Waals surface area contributed by atoms with Gasteiger partial charge in [-0.15, -0.1) is 12.4 Å². The first-order valence-electron chi connectivity index (χ1n) is 29.2. The zero-order valence-electron chi connectivity index (χ0n) is 50.6. The van der Waals surface area contributed by atoms with Crippen LogP contribution in [0.25, 0.3) is 55.4 Å². The number of ketones is 2. The monoisotopic (exact) mass is 1310 g/mol. The summed E-state index contributed by atoms with van der Waals surface area (Å²) in [6, 6.07) is 34.0. The smallest absolute Gasteiger partial charge is 0.323 e. The zero-order valence-corrected chi connectivity index (χ0v) is 54.0. The quantitative estimate of drug-likeness (QED) is 0.0463. The van der Waals surface area contributed by atoms with Crippen LogP contribution in [0.3, 0.4) is 0 Å². The van der Waals surface area contributed by atoms with Crippen LogP contribution in [0.4, 0.5) is 8.78 Å². The zero-order chi connectivity index (χ0) is 63.3. The molecule has 0 saturated carbocycles. The van der Waals surface area contributed by atoms with Crippen LogP contribution in [0.2, 0.25) is 0 Å². The number of carboxylic acids is 1. The molecule has 0 bridgehead atoms. The number of alkyl halides is 2. The fourth-order valence-corrected chi connectivity index (χ4v) is 11.2. The molecule has 476 valence electrons. The first-order valence-corrected chi connectivity index (χ1v) is 30.5. The van der Waals surface area contributed by atoms with Crippen LogP contribution >= 0.6 is 25.9 Å². The molecule has 0 radical (unpaired) electrons. The highest BCUT2D eigenvalue weighted by molar-refractivity contribution is 8.07. The Morgan fingerprint density at radius 2 is 1.09 bits per heavy atom. The number of carbonyl (C=O) groups excluding carboxylic acids is 5. The molecular weight excluding hydrogens is 1240 g/mol. The van der Waals surface area contributed by atoms with Gasteiger partial charge < -0.3 is 35.1 Å². The van der Waals surface area contributed by atoms with Crippen molar-refractivity contribution in [3.63, 3.8) is 0 Å². The van der Waals surface area contributed by atoms with E-state index < -0.39 is 24.4 Å². The first-order chi connectivity index (χ1) is 42.9. The van der Waals surface area contributed by atoms with Crippen LogP contribution in [-0.2, 0) is 67.5 Å². The molecule has 12 rings (SSSR count). The number of aliphatic carboxylic acids is 1. The van der Waals surface area contributed by atoms with E-state index in [9.17, 15) is 37.5 Å². The van der Waals surface area contributed by atoms with Gasteiger partial charge in [0, 0.05) is 148 Å². The van der Waals surface area contributed by atoms with Gasteiger partial charge in [0.1, 0.15) is 31.5 Å². The number of carboxylic acid groups (broad SMARTS) is 1. The van der Waals surface area contributed by atoms with Gasteiger partial charge in [0.25, 0.3) is 0 Å². The van der Waals surface area contributed by atoms with Crippen molar-refractivity contribution in [2.75, 3.05) is 26.2 Å². The van der Waals surface area contributed by atoms with Gasteiger partial charge in [0.05, 0.1) is 24.0 Å². The number of Topliss-reactive ketones (excluding diaryl/α,β-unsaturated/α-hetero) is 2. The number of benzene rings is 4. The Balaban J connectivity index is 0.000000208. The van der Waals surface area contributed by atoms with Crippen LogP contribution < -0.4 is 16.0 Å². The van der Waals surface area contributed by atoms with E-state index in [1.54, 1.807) is 43.0 Å². The molecule has 19 nitrogen and oxygen atoms in total. The predicted octanol–water partition coefficient (Wildman–Crippen LogP) is 9.46. The van der Waals surface area contributed by atoms with Gasteiger partial charge in [0.15, 0.2) is 22.9 Å². The number of halogens is 3. The Morgan fingerprint density at radius 3 is 1.54 bits per heavy atom. The summed E-state index contributed by atoms with van der Waals surface area (Å²) < 4.78 is 34.1. The molecule has 4 aromatic carbocycles. The second-order valence-electron chi connectivity index (χ2n) is 22.1. The first kappa shape index (κ1) is 69.8. The molecule has 0 spiro atoms. The minimum atomic E-state index is -1.27. The van der Waals surface area contributed by atoms with Crippen molar-refractivity contribution in [3.8, 4) is 22.3 Å². The van der Waals surface area contributed by atoms with Crippen LogP contribution in [0, 0.1) is 13.8 Å². The largest absolute Gasteiger partial charge is 0.480 e. The standard InChI is InChI=1S/C33H33FN6O3.C19H16N4O3.C14H19FN2O.ClH.S2.H2S/c1-21-13-31-36-16-25(17-40(31)37-21)24-10-11-29-27(14-24)28(22(2)41)19-38(29)20-32(42)39-18-26(34)15-30(39)33(43)35-12-6-9-23-7-4-3-5-8-23;1-11-5-18-20-7-14(8-23(18)21-11)13-3-4-17-15(6-13)16(12(2)24)9-22(17)10-19(25)26;15-12-9-13(17-10-12)14(18)16-8-4-7-11-5-2-1-3-6-11;;1-2;/h3-5,7-8,10-11,13-14,16-17,19,26,30H,6,9,12,15,18,20H2,1-2H3,(H,35,43);3-9H,10H2,1-2H3,(H,25,26);1-3,5-6,12-13,17H,4,7-10H2,(H,16,18);1H;;1H2/t26-,30+;;12-,13+;;;/m1.1.../s1. The number of amides is 3. The van der Waals surface area contributed by atoms with Gasteiger partial charge in [0.2, 0.25) is 17.7 Å². The maximum atomic E-state index is 14.5. The molecule has 8 heterocycles. The van der Waals surface area contributed by atoms with Gasteiger partial charge in [-0.1, -0.05) is 72.8 Å². The molecule has 2 aliphatic heterocycles. The van der Waals surface area contributed by atoms with Crippen LogP contribution in [0.15, 0.2) is 146 Å². The third-order valence-corrected chi connectivity index (χ3v) is 15.5. The third-order valence-electron chi connectivity index (χ3n) is 15.5. The van der Waals surface area contributed by atoms with Gasteiger partial charge in [-0.25, -0.2) is 27.8 Å². The lowest BCUT2D eigenvalue weighted by atomic mass is 10.0. The predicted molar refractivity (Wildman–Crippen MR) is 359 cm³/mol. The second-order valence-corrected chi connectivity index (χ2v) is 22.1. The van der Waals surface area contributed by atoms with E-state index >= 15 is 0 Å².